The van der Waals surface area contributed by atoms with Gasteiger partial charge in [-0.15, -0.1) is 0 Å². The standard InChI is InChI=1S/C36H25N/c1-24-19-20-37-23-34(24)28-17-15-27-22-29(18-16-26(27)21-28)36-32-13-7-5-11-30(32)35(25-9-3-2-4-10-25)31-12-6-8-14-33(31)36/h2-23H,1H3. The zero-order chi connectivity index (χ0) is 24.8. The van der Waals surface area contributed by atoms with Crippen LogP contribution in [0.1, 0.15) is 5.56 Å². The minimum absolute atomic E-state index is 1.18. The molecule has 0 aliphatic heterocycles. The van der Waals surface area contributed by atoms with Gasteiger partial charge in [0.1, 0.15) is 0 Å². The van der Waals surface area contributed by atoms with E-state index >= 15 is 0 Å². The lowest BCUT2D eigenvalue weighted by Gasteiger charge is -2.18. The van der Waals surface area contributed by atoms with E-state index < -0.39 is 0 Å². The van der Waals surface area contributed by atoms with Crippen LogP contribution in [-0.4, -0.2) is 4.98 Å². The number of pyridine rings is 1. The molecule has 174 valence electrons. The van der Waals surface area contributed by atoms with E-state index in [1.165, 1.54) is 71.3 Å². The van der Waals surface area contributed by atoms with Crippen molar-refractivity contribution in [3.05, 3.63) is 139 Å². The van der Waals surface area contributed by atoms with E-state index in [1.54, 1.807) is 0 Å². The van der Waals surface area contributed by atoms with Crippen molar-refractivity contribution in [1.82, 2.24) is 4.98 Å². The van der Waals surface area contributed by atoms with Crippen molar-refractivity contribution in [2.24, 2.45) is 0 Å². The Bertz CT molecular complexity index is 1880. The lowest BCUT2D eigenvalue weighted by molar-refractivity contribution is 1.29. The minimum Gasteiger partial charge on any atom is -0.264 e. The van der Waals surface area contributed by atoms with Gasteiger partial charge in [-0.1, -0.05) is 103 Å². The number of aryl methyl sites for hydroxylation is 1. The maximum absolute atomic E-state index is 4.34. The van der Waals surface area contributed by atoms with E-state index in [-0.39, 0.29) is 0 Å². The molecule has 0 spiro atoms. The van der Waals surface area contributed by atoms with Crippen molar-refractivity contribution in [3.63, 3.8) is 0 Å². The summed E-state index contributed by atoms with van der Waals surface area (Å²) in [5, 5.41) is 7.60. The van der Waals surface area contributed by atoms with Gasteiger partial charge in [0, 0.05) is 18.0 Å². The normalized spacial score (nSPS) is 11.4. The van der Waals surface area contributed by atoms with Crippen LogP contribution in [0.3, 0.4) is 0 Å². The monoisotopic (exact) mass is 471 g/mol. The van der Waals surface area contributed by atoms with Crippen LogP contribution in [0.15, 0.2) is 134 Å². The Balaban J connectivity index is 1.48. The second-order valence-corrected chi connectivity index (χ2v) is 9.67. The molecule has 0 bridgehead atoms. The molecule has 0 aliphatic carbocycles. The largest absolute Gasteiger partial charge is 0.264 e. The Morgan fingerprint density at radius 1 is 0.459 bits per heavy atom. The summed E-state index contributed by atoms with van der Waals surface area (Å²) in [6.07, 6.45) is 3.81. The van der Waals surface area contributed by atoms with E-state index in [9.17, 15) is 0 Å². The van der Waals surface area contributed by atoms with Crippen LogP contribution in [0.2, 0.25) is 0 Å². The molecule has 7 aromatic rings. The third kappa shape index (κ3) is 3.59. The van der Waals surface area contributed by atoms with E-state index in [0.717, 1.165) is 0 Å². The summed E-state index contributed by atoms with van der Waals surface area (Å²) in [7, 11) is 0. The van der Waals surface area contributed by atoms with Gasteiger partial charge in [0.2, 0.25) is 0 Å². The first-order chi connectivity index (χ1) is 18.3. The maximum Gasteiger partial charge on any atom is 0.0349 e. The molecule has 1 aromatic heterocycles. The SMILES string of the molecule is Cc1ccncc1-c1ccc2cc(-c3c4ccccc4c(-c4ccccc4)c4ccccc34)ccc2c1. The molecule has 0 radical (unpaired) electrons. The molecule has 1 heterocycles. The average Bonchev–Trinajstić information content (AvgIpc) is 2.96. The fourth-order valence-electron chi connectivity index (χ4n) is 5.69. The fraction of sp³-hybridized carbons (Fsp3) is 0.0278. The Kier molecular flexibility index (Phi) is 5.08. The number of hydrogen-bond donors (Lipinski definition) is 0. The predicted molar refractivity (Wildman–Crippen MR) is 158 cm³/mol. The molecule has 0 saturated heterocycles. The van der Waals surface area contributed by atoms with Crippen LogP contribution >= 0.6 is 0 Å². The van der Waals surface area contributed by atoms with Gasteiger partial charge >= 0.3 is 0 Å². The van der Waals surface area contributed by atoms with Gasteiger partial charge in [-0.25, -0.2) is 0 Å². The van der Waals surface area contributed by atoms with Gasteiger partial charge in [0.05, 0.1) is 0 Å². The Labute approximate surface area is 216 Å². The highest BCUT2D eigenvalue weighted by molar-refractivity contribution is 6.21. The molecule has 1 heteroatoms. The molecule has 6 aromatic carbocycles. The van der Waals surface area contributed by atoms with Crippen molar-refractivity contribution in [2.45, 2.75) is 6.92 Å². The second kappa shape index (κ2) is 8.72. The molecule has 0 N–H and O–H groups in total. The number of fused-ring (bicyclic) bond motifs is 3. The highest BCUT2D eigenvalue weighted by Crippen LogP contribution is 2.44. The summed E-state index contributed by atoms with van der Waals surface area (Å²) in [4.78, 5) is 4.34. The smallest absolute Gasteiger partial charge is 0.0349 e. The van der Waals surface area contributed by atoms with E-state index in [0.29, 0.717) is 0 Å². The fourth-order valence-corrected chi connectivity index (χ4v) is 5.69. The first kappa shape index (κ1) is 21.5. The molecule has 0 amide bonds. The first-order valence-electron chi connectivity index (χ1n) is 12.7. The van der Waals surface area contributed by atoms with Gasteiger partial charge in [-0.05, 0) is 90.8 Å². The lowest BCUT2D eigenvalue weighted by Crippen LogP contribution is -1.91. The summed E-state index contributed by atoms with van der Waals surface area (Å²) in [5.41, 5.74) is 8.70. The minimum atomic E-state index is 1.18. The van der Waals surface area contributed by atoms with Gasteiger partial charge in [-0.2, -0.15) is 0 Å². The molecular weight excluding hydrogens is 446 g/mol. The van der Waals surface area contributed by atoms with E-state index in [2.05, 4.69) is 133 Å². The quantitative estimate of drug-likeness (QED) is 0.234. The molecule has 0 atom stereocenters. The zero-order valence-electron chi connectivity index (χ0n) is 20.6. The summed E-state index contributed by atoms with van der Waals surface area (Å²) in [5.74, 6) is 0. The summed E-state index contributed by atoms with van der Waals surface area (Å²) in [6.45, 7) is 2.14. The molecule has 37 heavy (non-hydrogen) atoms. The van der Waals surface area contributed by atoms with Crippen molar-refractivity contribution in [1.29, 1.82) is 0 Å². The highest BCUT2D eigenvalue weighted by atomic mass is 14.6. The lowest BCUT2D eigenvalue weighted by atomic mass is 9.85. The number of aromatic nitrogens is 1. The Hall–Kier alpha value is -4.75. The van der Waals surface area contributed by atoms with Crippen LogP contribution in [0.5, 0.6) is 0 Å². The zero-order valence-corrected chi connectivity index (χ0v) is 20.6. The van der Waals surface area contributed by atoms with Crippen LogP contribution in [-0.2, 0) is 0 Å². The summed E-state index contributed by atoms with van der Waals surface area (Å²) in [6, 6.07) is 44.1. The predicted octanol–water partition coefficient (Wildman–Crippen LogP) is 9.85. The summed E-state index contributed by atoms with van der Waals surface area (Å²) < 4.78 is 0. The van der Waals surface area contributed by atoms with E-state index in [1.807, 2.05) is 12.4 Å². The first-order valence-corrected chi connectivity index (χ1v) is 12.7. The van der Waals surface area contributed by atoms with Crippen molar-refractivity contribution < 1.29 is 0 Å². The van der Waals surface area contributed by atoms with Crippen molar-refractivity contribution in [3.8, 4) is 33.4 Å². The van der Waals surface area contributed by atoms with Crippen LogP contribution in [0.4, 0.5) is 0 Å². The van der Waals surface area contributed by atoms with Crippen LogP contribution in [0.25, 0.3) is 65.7 Å². The van der Waals surface area contributed by atoms with Crippen molar-refractivity contribution >= 4 is 32.3 Å². The van der Waals surface area contributed by atoms with Crippen LogP contribution < -0.4 is 0 Å². The number of benzene rings is 6. The topological polar surface area (TPSA) is 12.9 Å². The molecule has 0 aliphatic rings. The number of nitrogens with zero attached hydrogens (tertiary/aromatic N) is 1. The molecule has 0 fully saturated rings. The van der Waals surface area contributed by atoms with Gasteiger partial charge in [0.25, 0.3) is 0 Å². The van der Waals surface area contributed by atoms with Crippen LogP contribution in [0, 0.1) is 6.92 Å². The maximum atomic E-state index is 4.34. The third-order valence-corrected chi connectivity index (χ3v) is 7.47. The second-order valence-electron chi connectivity index (χ2n) is 9.67. The molecular formula is C36H25N. The number of hydrogen-bond acceptors (Lipinski definition) is 1. The summed E-state index contributed by atoms with van der Waals surface area (Å²) >= 11 is 0. The van der Waals surface area contributed by atoms with Gasteiger partial charge in [-0.3, -0.25) is 4.98 Å². The Morgan fingerprint density at radius 2 is 0.973 bits per heavy atom. The van der Waals surface area contributed by atoms with Gasteiger partial charge in [0.15, 0.2) is 0 Å². The van der Waals surface area contributed by atoms with E-state index in [4.69, 9.17) is 0 Å². The molecule has 0 saturated carbocycles. The molecule has 7 rings (SSSR count). The Morgan fingerprint density at radius 3 is 1.57 bits per heavy atom. The molecule has 1 nitrogen and oxygen atoms in total. The van der Waals surface area contributed by atoms with Crippen molar-refractivity contribution in [2.75, 3.05) is 0 Å². The average molecular weight is 472 g/mol. The highest BCUT2D eigenvalue weighted by Gasteiger charge is 2.16. The number of rotatable bonds is 3. The molecule has 0 unspecified atom stereocenters. The van der Waals surface area contributed by atoms with Gasteiger partial charge < -0.3 is 0 Å². The third-order valence-electron chi connectivity index (χ3n) is 7.47.